The standard InChI is InChI=1S/C20H13FN6O7/c21-11-3-1-2-4-12(11)26-20(31)34-8-9-7-22-17(23-9)10-5-13-14(6-15(10)27(32)33)25-18(28)16(24-13)19(29)30/h1-7H,8H2,(H,22,23)(H,25,28)(H,26,31)(H,29,30). The number of nitro benzene ring substituents is 1. The first-order valence-electron chi connectivity index (χ1n) is 9.41. The van der Waals surface area contributed by atoms with Crippen molar-refractivity contribution >= 4 is 34.5 Å². The molecule has 4 aromatic rings. The number of rotatable bonds is 6. The quantitative estimate of drug-likeness (QED) is 0.243. The summed E-state index contributed by atoms with van der Waals surface area (Å²) in [6.45, 7) is -0.316. The van der Waals surface area contributed by atoms with Crippen LogP contribution in [0.15, 0.2) is 47.4 Å². The molecule has 0 aliphatic heterocycles. The molecular formula is C20H13FN6O7. The van der Waals surface area contributed by atoms with Crippen LogP contribution in [-0.2, 0) is 11.3 Å². The van der Waals surface area contributed by atoms with Gasteiger partial charge in [-0.25, -0.2) is 23.9 Å². The fourth-order valence-electron chi connectivity index (χ4n) is 3.03. The van der Waals surface area contributed by atoms with Gasteiger partial charge in [-0.05, 0) is 18.2 Å². The van der Waals surface area contributed by atoms with E-state index in [2.05, 4.69) is 25.3 Å². The monoisotopic (exact) mass is 468 g/mol. The van der Waals surface area contributed by atoms with Gasteiger partial charge in [-0.2, -0.15) is 0 Å². The van der Waals surface area contributed by atoms with Crippen molar-refractivity contribution in [1.29, 1.82) is 0 Å². The highest BCUT2D eigenvalue weighted by Gasteiger charge is 2.22. The summed E-state index contributed by atoms with van der Waals surface area (Å²) in [6, 6.07) is 7.73. The molecule has 1 amide bonds. The molecule has 0 aliphatic rings. The summed E-state index contributed by atoms with van der Waals surface area (Å²) in [5.74, 6) is -2.20. The molecular weight excluding hydrogens is 455 g/mol. The van der Waals surface area contributed by atoms with Crippen LogP contribution in [0.1, 0.15) is 16.2 Å². The number of halogens is 1. The van der Waals surface area contributed by atoms with E-state index >= 15 is 0 Å². The van der Waals surface area contributed by atoms with E-state index in [1.807, 2.05) is 0 Å². The van der Waals surface area contributed by atoms with Gasteiger partial charge >= 0.3 is 12.1 Å². The number of nitro groups is 1. The number of aromatic nitrogens is 4. The number of benzene rings is 2. The van der Waals surface area contributed by atoms with Gasteiger partial charge in [0.15, 0.2) is 0 Å². The topological polar surface area (TPSA) is 193 Å². The number of anilines is 1. The molecule has 0 spiro atoms. The summed E-state index contributed by atoms with van der Waals surface area (Å²) in [7, 11) is 0. The van der Waals surface area contributed by atoms with E-state index in [1.165, 1.54) is 30.5 Å². The van der Waals surface area contributed by atoms with Crippen LogP contribution < -0.4 is 10.9 Å². The van der Waals surface area contributed by atoms with E-state index < -0.39 is 39.7 Å². The summed E-state index contributed by atoms with van der Waals surface area (Å²) in [6.07, 6.45) is 0.329. The molecule has 0 saturated heterocycles. The third kappa shape index (κ3) is 4.40. The van der Waals surface area contributed by atoms with Crippen LogP contribution in [-0.4, -0.2) is 42.0 Å². The van der Waals surface area contributed by atoms with Crippen LogP contribution in [0.25, 0.3) is 22.4 Å². The minimum absolute atomic E-state index is 0.00610. The van der Waals surface area contributed by atoms with Gasteiger partial charge in [0.2, 0.25) is 5.69 Å². The number of hydrogen-bond acceptors (Lipinski definition) is 8. The van der Waals surface area contributed by atoms with E-state index in [1.54, 1.807) is 0 Å². The lowest BCUT2D eigenvalue weighted by atomic mass is 10.1. The number of fused-ring (bicyclic) bond motifs is 1. The van der Waals surface area contributed by atoms with E-state index in [9.17, 15) is 28.9 Å². The molecule has 0 fully saturated rings. The van der Waals surface area contributed by atoms with Crippen LogP contribution >= 0.6 is 0 Å². The van der Waals surface area contributed by atoms with Gasteiger partial charge in [-0.15, -0.1) is 0 Å². The number of para-hydroxylation sites is 1. The predicted molar refractivity (Wildman–Crippen MR) is 114 cm³/mol. The second-order valence-electron chi connectivity index (χ2n) is 6.80. The second kappa shape index (κ2) is 8.78. The highest BCUT2D eigenvalue weighted by atomic mass is 19.1. The van der Waals surface area contributed by atoms with Gasteiger partial charge in [-0.3, -0.25) is 20.2 Å². The fraction of sp³-hybridized carbons (Fsp3) is 0.0500. The predicted octanol–water partition coefficient (Wildman–Crippen LogP) is 2.81. The molecule has 0 unspecified atom stereocenters. The average Bonchev–Trinajstić information content (AvgIpc) is 3.26. The first-order chi connectivity index (χ1) is 16.2. The van der Waals surface area contributed by atoms with E-state index in [-0.39, 0.29) is 40.4 Å². The van der Waals surface area contributed by atoms with Crippen molar-refractivity contribution in [2.45, 2.75) is 6.61 Å². The third-order valence-corrected chi connectivity index (χ3v) is 4.56. The molecule has 0 radical (unpaired) electrons. The number of carbonyl (C=O) groups is 2. The molecule has 0 atom stereocenters. The Hall–Kier alpha value is -5.14. The molecule has 4 rings (SSSR count). The molecule has 2 aromatic heterocycles. The van der Waals surface area contributed by atoms with E-state index in [4.69, 9.17) is 9.84 Å². The maximum atomic E-state index is 13.6. The largest absolute Gasteiger partial charge is 0.476 e. The molecule has 0 bridgehead atoms. The Morgan fingerprint density at radius 3 is 2.71 bits per heavy atom. The van der Waals surface area contributed by atoms with Crippen molar-refractivity contribution in [1.82, 2.24) is 19.9 Å². The minimum atomic E-state index is -1.56. The Morgan fingerprint density at radius 2 is 2.00 bits per heavy atom. The number of ether oxygens (including phenoxy) is 1. The zero-order valence-electron chi connectivity index (χ0n) is 16.9. The van der Waals surface area contributed by atoms with Crippen molar-refractivity contribution in [3.8, 4) is 11.4 Å². The molecule has 13 nitrogen and oxygen atoms in total. The molecule has 0 saturated carbocycles. The van der Waals surface area contributed by atoms with Crippen molar-refractivity contribution in [2.75, 3.05) is 5.32 Å². The maximum Gasteiger partial charge on any atom is 0.412 e. The number of carbonyl (C=O) groups excluding carboxylic acids is 1. The number of aromatic amines is 2. The summed E-state index contributed by atoms with van der Waals surface area (Å²) in [5, 5.41) is 22.9. The van der Waals surface area contributed by atoms with Gasteiger partial charge in [0.1, 0.15) is 18.2 Å². The first kappa shape index (κ1) is 22.1. The highest BCUT2D eigenvalue weighted by Crippen LogP contribution is 2.31. The van der Waals surface area contributed by atoms with Gasteiger partial charge in [0, 0.05) is 6.07 Å². The Morgan fingerprint density at radius 1 is 1.24 bits per heavy atom. The zero-order chi connectivity index (χ0) is 24.4. The summed E-state index contributed by atoms with van der Waals surface area (Å²) < 4.78 is 18.6. The average molecular weight is 468 g/mol. The number of H-pyrrole nitrogens is 2. The number of amides is 1. The van der Waals surface area contributed by atoms with Crippen molar-refractivity contribution < 1.29 is 28.7 Å². The molecule has 2 aromatic carbocycles. The Kier molecular flexibility index (Phi) is 5.70. The molecule has 0 aliphatic carbocycles. The summed E-state index contributed by atoms with van der Waals surface area (Å²) in [4.78, 5) is 58.6. The van der Waals surface area contributed by atoms with Gasteiger partial charge in [0.25, 0.3) is 11.2 Å². The van der Waals surface area contributed by atoms with Crippen LogP contribution in [0.4, 0.5) is 20.6 Å². The summed E-state index contributed by atoms with van der Waals surface area (Å²) >= 11 is 0. The molecule has 2 heterocycles. The van der Waals surface area contributed by atoms with E-state index in [0.717, 1.165) is 12.1 Å². The van der Waals surface area contributed by atoms with Crippen LogP contribution in [0.3, 0.4) is 0 Å². The number of hydrogen-bond donors (Lipinski definition) is 4. The number of nitrogens with one attached hydrogen (secondary N) is 3. The Balaban J connectivity index is 1.59. The van der Waals surface area contributed by atoms with Crippen molar-refractivity contribution in [2.24, 2.45) is 0 Å². The lowest BCUT2D eigenvalue weighted by molar-refractivity contribution is -0.384. The Labute approximate surface area is 187 Å². The van der Waals surface area contributed by atoms with Crippen LogP contribution in [0.5, 0.6) is 0 Å². The minimum Gasteiger partial charge on any atom is -0.476 e. The lowest BCUT2D eigenvalue weighted by Gasteiger charge is -2.06. The van der Waals surface area contributed by atoms with Crippen molar-refractivity contribution in [3.05, 3.63) is 80.3 Å². The normalized spacial score (nSPS) is 10.7. The molecule has 172 valence electrons. The van der Waals surface area contributed by atoms with Crippen LogP contribution in [0.2, 0.25) is 0 Å². The smallest absolute Gasteiger partial charge is 0.412 e. The second-order valence-corrected chi connectivity index (χ2v) is 6.80. The SMILES string of the molecule is O=C(Nc1ccccc1F)OCc1cnc(-c2cc3nc(C(=O)O)c(=O)[nH]c3cc2[N+](=O)[O-])[nH]1. The maximum absolute atomic E-state index is 13.6. The lowest BCUT2D eigenvalue weighted by Crippen LogP contribution is -2.19. The first-order valence-corrected chi connectivity index (χ1v) is 9.41. The van der Waals surface area contributed by atoms with Gasteiger partial charge in [0.05, 0.1) is 39.1 Å². The number of carboxylic acid groups (broad SMARTS) is 1. The van der Waals surface area contributed by atoms with Crippen molar-refractivity contribution in [3.63, 3.8) is 0 Å². The third-order valence-electron chi connectivity index (χ3n) is 4.56. The molecule has 34 heavy (non-hydrogen) atoms. The highest BCUT2D eigenvalue weighted by molar-refractivity contribution is 5.91. The number of imidazole rings is 1. The molecule has 14 heteroatoms. The number of nitrogens with zero attached hydrogens (tertiary/aromatic N) is 3. The Bertz CT molecular complexity index is 1510. The summed E-state index contributed by atoms with van der Waals surface area (Å²) in [5.41, 5.74) is -2.14. The van der Waals surface area contributed by atoms with Crippen LogP contribution in [0, 0.1) is 15.9 Å². The van der Waals surface area contributed by atoms with Gasteiger partial charge in [-0.1, -0.05) is 12.1 Å². The zero-order valence-corrected chi connectivity index (χ0v) is 16.9. The van der Waals surface area contributed by atoms with Gasteiger partial charge < -0.3 is 19.8 Å². The number of aromatic carboxylic acids is 1. The fourth-order valence-corrected chi connectivity index (χ4v) is 3.03. The van der Waals surface area contributed by atoms with E-state index in [0.29, 0.717) is 0 Å². The number of carboxylic acids is 1. The molecule has 4 N–H and O–H groups in total.